The van der Waals surface area contributed by atoms with Gasteiger partial charge in [0.2, 0.25) is 5.91 Å². The zero-order valence-corrected chi connectivity index (χ0v) is 11.6. The molecule has 1 heterocycles. The molecule has 0 saturated carbocycles. The number of imide groups is 1. The lowest BCUT2D eigenvalue weighted by molar-refractivity contribution is -0.131. The summed E-state index contributed by atoms with van der Waals surface area (Å²) in [7, 11) is 0. The Kier molecular flexibility index (Phi) is 3.60. The first-order valence-electron chi connectivity index (χ1n) is 6.53. The van der Waals surface area contributed by atoms with Gasteiger partial charge < -0.3 is 5.32 Å². The van der Waals surface area contributed by atoms with Crippen LogP contribution in [0.5, 0.6) is 0 Å². The highest BCUT2D eigenvalue weighted by Gasteiger charge is 2.37. The third-order valence-electron chi connectivity index (χ3n) is 3.45. The number of benzene rings is 1. The van der Waals surface area contributed by atoms with Crippen LogP contribution in [-0.4, -0.2) is 22.9 Å². The Balaban J connectivity index is 2.09. The molecule has 1 saturated heterocycles. The third-order valence-corrected chi connectivity index (χ3v) is 3.45. The lowest BCUT2D eigenvalue weighted by atomic mass is 9.83. The smallest absolute Gasteiger partial charge is 0.324 e. The van der Waals surface area contributed by atoms with E-state index in [0.717, 1.165) is 5.56 Å². The molecule has 0 aliphatic carbocycles. The Bertz CT molecular complexity index is 459. The molecule has 1 aliphatic rings. The molecule has 0 radical (unpaired) electrons. The van der Waals surface area contributed by atoms with Gasteiger partial charge in [0, 0.05) is 12.5 Å². The highest BCUT2D eigenvalue weighted by atomic mass is 16.2. The minimum atomic E-state index is -0.292. The van der Waals surface area contributed by atoms with Gasteiger partial charge in [0.25, 0.3) is 0 Å². The molecule has 102 valence electrons. The predicted molar refractivity (Wildman–Crippen MR) is 73.4 cm³/mol. The van der Waals surface area contributed by atoms with Crippen LogP contribution in [0.15, 0.2) is 30.3 Å². The molecule has 0 bridgehead atoms. The lowest BCUT2D eigenvalue weighted by Crippen LogP contribution is -2.57. The van der Waals surface area contributed by atoms with Gasteiger partial charge in [0.15, 0.2) is 0 Å². The molecule has 4 heteroatoms. The highest BCUT2D eigenvalue weighted by molar-refractivity contribution is 5.97. The van der Waals surface area contributed by atoms with E-state index >= 15 is 0 Å². The molecule has 1 aromatic rings. The van der Waals surface area contributed by atoms with E-state index in [1.54, 1.807) is 0 Å². The largest absolute Gasteiger partial charge is 0.334 e. The van der Waals surface area contributed by atoms with Gasteiger partial charge in [-0.15, -0.1) is 0 Å². The molecular weight excluding hydrogens is 240 g/mol. The number of urea groups is 1. The molecule has 1 atom stereocenters. The van der Waals surface area contributed by atoms with Crippen molar-refractivity contribution in [3.8, 4) is 0 Å². The molecular formula is C15H20N2O2. The van der Waals surface area contributed by atoms with E-state index in [1.807, 2.05) is 51.1 Å². The maximum Gasteiger partial charge on any atom is 0.324 e. The molecule has 2 rings (SSSR count). The van der Waals surface area contributed by atoms with Crippen LogP contribution in [0.3, 0.4) is 0 Å². The SMILES string of the molecule is CC(C)(C)C1CC(=O)N(Cc2ccccc2)C(=O)N1. The molecule has 3 amide bonds. The molecule has 1 aliphatic heterocycles. The maximum atomic E-state index is 12.1. The van der Waals surface area contributed by atoms with E-state index in [4.69, 9.17) is 0 Å². The van der Waals surface area contributed by atoms with Crippen molar-refractivity contribution in [3.63, 3.8) is 0 Å². The number of carbonyl (C=O) groups is 2. The van der Waals surface area contributed by atoms with Crippen molar-refractivity contribution in [1.82, 2.24) is 10.2 Å². The van der Waals surface area contributed by atoms with Crippen LogP contribution < -0.4 is 5.32 Å². The summed E-state index contributed by atoms with van der Waals surface area (Å²) in [6, 6.07) is 9.16. The summed E-state index contributed by atoms with van der Waals surface area (Å²) < 4.78 is 0. The Morgan fingerprint density at radius 1 is 1.21 bits per heavy atom. The topological polar surface area (TPSA) is 49.4 Å². The number of hydrogen-bond donors (Lipinski definition) is 1. The van der Waals surface area contributed by atoms with Crippen molar-refractivity contribution >= 4 is 11.9 Å². The Labute approximate surface area is 113 Å². The molecule has 1 unspecified atom stereocenters. The number of carbonyl (C=O) groups excluding carboxylic acids is 2. The number of amides is 3. The Hall–Kier alpha value is -1.84. The quantitative estimate of drug-likeness (QED) is 0.888. The third kappa shape index (κ3) is 3.13. The zero-order chi connectivity index (χ0) is 14.0. The van der Waals surface area contributed by atoms with Gasteiger partial charge in [-0.2, -0.15) is 0 Å². The van der Waals surface area contributed by atoms with Crippen LogP contribution in [-0.2, 0) is 11.3 Å². The standard InChI is InChI=1S/C15H20N2O2/c1-15(2,3)12-9-13(18)17(14(19)16-12)10-11-7-5-4-6-8-11/h4-8,12H,9-10H2,1-3H3,(H,16,19). The van der Waals surface area contributed by atoms with Gasteiger partial charge in [-0.05, 0) is 11.0 Å². The van der Waals surface area contributed by atoms with Crippen molar-refractivity contribution in [2.45, 2.75) is 39.8 Å². The molecule has 1 N–H and O–H groups in total. The average molecular weight is 260 g/mol. The Morgan fingerprint density at radius 3 is 2.37 bits per heavy atom. The first-order chi connectivity index (χ1) is 8.88. The molecule has 0 spiro atoms. The van der Waals surface area contributed by atoms with Crippen LogP contribution in [0.2, 0.25) is 0 Å². The van der Waals surface area contributed by atoms with E-state index in [-0.39, 0.29) is 23.4 Å². The van der Waals surface area contributed by atoms with E-state index in [0.29, 0.717) is 13.0 Å². The van der Waals surface area contributed by atoms with Crippen molar-refractivity contribution in [2.24, 2.45) is 5.41 Å². The van der Waals surface area contributed by atoms with Crippen LogP contribution >= 0.6 is 0 Å². The van der Waals surface area contributed by atoms with E-state index < -0.39 is 0 Å². The lowest BCUT2D eigenvalue weighted by Gasteiger charge is -2.38. The van der Waals surface area contributed by atoms with Gasteiger partial charge >= 0.3 is 6.03 Å². The first kappa shape index (κ1) is 13.6. The molecule has 1 aromatic carbocycles. The average Bonchev–Trinajstić information content (AvgIpc) is 2.33. The number of rotatable bonds is 2. The van der Waals surface area contributed by atoms with Crippen LogP contribution in [0.1, 0.15) is 32.8 Å². The van der Waals surface area contributed by atoms with E-state index in [1.165, 1.54) is 4.90 Å². The van der Waals surface area contributed by atoms with Crippen LogP contribution in [0, 0.1) is 5.41 Å². The second kappa shape index (κ2) is 5.03. The van der Waals surface area contributed by atoms with Gasteiger partial charge in [0.1, 0.15) is 0 Å². The molecule has 4 nitrogen and oxygen atoms in total. The molecule has 0 aromatic heterocycles. The van der Waals surface area contributed by atoms with Crippen molar-refractivity contribution in [1.29, 1.82) is 0 Å². The van der Waals surface area contributed by atoms with Gasteiger partial charge in [-0.1, -0.05) is 51.1 Å². The van der Waals surface area contributed by atoms with Gasteiger partial charge in [0.05, 0.1) is 6.54 Å². The summed E-state index contributed by atoms with van der Waals surface area (Å²) in [5.41, 5.74) is 0.852. The van der Waals surface area contributed by atoms with E-state index in [2.05, 4.69) is 5.32 Å². The highest BCUT2D eigenvalue weighted by Crippen LogP contribution is 2.25. The normalized spacial score (nSPS) is 20.4. The Morgan fingerprint density at radius 2 is 1.84 bits per heavy atom. The molecule has 19 heavy (non-hydrogen) atoms. The summed E-state index contributed by atoms with van der Waals surface area (Å²) in [6.45, 7) is 6.41. The monoisotopic (exact) mass is 260 g/mol. The van der Waals surface area contributed by atoms with Gasteiger partial charge in [-0.3, -0.25) is 9.69 Å². The fourth-order valence-corrected chi connectivity index (χ4v) is 2.12. The summed E-state index contributed by atoms with van der Waals surface area (Å²) in [4.78, 5) is 25.5. The zero-order valence-electron chi connectivity index (χ0n) is 11.6. The van der Waals surface area contributed by atoms with Crippen LogP contribution in [0.25, 0.3) is 0 Å². The maximum absolute atomic E-state index is 12.1. The molecule has 1 fully saturated rings. The van der Waals surface area contributed by atoms with Crippen molar-refractivity contribution in [2.75, 3.05) is 0 Å². The summed E-state index contributed by atoms with van der Waals surface area (Å²) in [5.74, 6) is -0.104. The predicted octanol–water partition coefficient (Wildman–Crippen LogP) is 2.54. The van der Waals surface area contributed by atoms with Crippen molar-refractivity contribution < 1.29 is 9.59 Å². The minimum Gasteiger partial charge on any atom is -0.334 e. The second-order valence-electron chi connectivity index (χ2n) is 6.04. The number of hydrogen-bond acceptors (Lipinski definition) is 2. The van der Waals surface area contributed by atoms with Gasteiger partial charge in [-0.25, -0.2) is 4.79 Å². The number of nitrogens with zero attached hydrogens (tertiary/aromatic N) is 1. The number of nitrogens with one attached hydrogen (secondary N) is 1. The second-order valence-corrected chi connectivity index (χ2v) is 6.04. The fraction of sp³-hybridized carbons (Fsp3) is 0.467. The van der Waals surface area contributed by atoms with Crippen LogP contribution in [0.4, 0.5) is 4.79 Å². The summed E-state index contributed by atoms with van der Waals surface area (Å²) >= 11 is 0. The van der Waals surface area contributed by atoms with E-state index in [9.17, 15) is 9.59 Å². The summed E-state index contributed by atoms with van der Waals surface area (Å²) in [6.07, 6.45) is 0.363. The minimum absolute atomic E-state index is 0.0977. The first-order valence-corrected chi connectivity index (χ1v) is 6.53. The summed E-state index contributed by atoms with van der Waals surface area (Å²) in [5, 5.41) is 2.92. The fourth-order valence-electron chi connectivity index (χ4n) is 2.12. The van der Waals surface area contributed by atoms with Crippen molar-refractivity contribution in [3.05, 3.63) is 35.9 Å².